The van der Waals surface area contributed by atoms with Gasteiger partial charge < -0.3 is 19.9 Å². The fourth-order valence-corrected chi connectivity index (χ4v) is 1.92. The Kier molecular flexibility index (Phi) is 7.14. The van der Waals surface area contributed by atoms with E-state index in [-0.39, 0.29) is 6.61 Å². The van der Waals surface area contributed by atoms with Crippen LogP contribution in [0.2, 0.25) is 0 Å². The summed E-state index contributed by atoms with van der Waals surface area (Å²) >= 11 is 0. The molecule has 0 aliphatic heterocycles. The largest absolute Gasteiger partial charge is 0.481 e. The molecule has 1 aromatic heterocycles. The van der Waals surface area contributed by atoms with Crippen LogP contribution in [0.15, 0.2) is 6.33 Å². The predicted octanol–water partition coefficient (Wildman–Crippen LogP) is 0.992. The smallest absolute Gasteiger partial charge is 0.224 e. The number of ether oxygens (including phenoxy) is 2. The number of aliphatic hydroxyl groups is 1. The van der Waals surface area contributed by atoms with E-state index in [2.05, 4.69) is 22.2 Å². The number of hydrogen-bond donors (Lipinski definition) is 2. The lowest BCUT2D eigenvalue weighted by atomic mass is 10.0. The molecule has 1 rings (SSSR count). The van der Waals surface area contributed by atoms with Crippen molar-refractivity contribution in [1.29, 1.82) is 0 Å². The fourth-order valence-electron chi connectivity index (χ4n) is 1.92. The van der Waals surface area contributed by atoms with Crippen LogP contribution < -0.4 is 14.8 Å². The lowest BCUT2D eigenvalue weighted by Crippen LogP contribution is -2.23. The van der Waals surface area contributed by atoms with E-state index in [1.807, 2.05) is 0 Å². The second-order valence-electron chi connectivity index (χ2n) is 4.29. The lowest BCUT2D eigenvalue weighted by molar-refractivity contribution is 0.250. The molecular weight excluding hydrogens is 246 g/mol. The molecule has 0 fully saturated rings. The molecule has 0 amide bonds. The zero-order valence-electron chi connectivity index (χ0n) is 11.8. The van der Waals surface area contributed by atoms with Gasteiger partial charge in [0.2, 0.25) is 11.8 Å². The van der Waals surface area contributed by atoms with Crippen molar-refractivity contribution in [3.05, 3.63) is 11.9 Å². The molecule has 0 radical (unpaired) electrons. The number of nitrogens with one attached hydrogen (secondary N) is 1. The topological polar surface area (TPSA) is 76.5 Å². The summed E-state index contributed by atoms with van der Waals surface area (Å²) in [5.41, 5.74) is 0.811. The highest BCUT2D eigenvalue weighted by molar-refractivity contribution is 5.34. The van der Waals surface area contributed by atoms with Crippen LogP contribution in [0, 0.1) is 5.92 Å². The van der Waals surface area contributed by atoms with Gasteiger partial charge in [-0.25, -0.2) is 9.97 Å². The molecule has 0 spiro atoms. The van der Waals surface area contributed by atoms with Gasteiger partial charge in [-0.3, -0.25) is 0 Å². The third-order valence-electron chi connectivity index (χ3n) is 3.10. The second-order valence-corrected chi connectivity index (χ2v) is 4.29. The Morgan fingerprint density at radius 2 is 1.89 bits per heavy atom. The SMILES string of the molecule is CCC(CCO)CNCc1c(OC)ncnc1OC. The van der Waals surface area contributed by atoms with Crippen LogP contribution in [-0.2, 0) is 6.54 Å². The summed E-state index contributed by atoms with van der Waals surface area (Å²) in [6, 6.07) is 0. The summed E-state index contributed by atoms with van der Waals surface area (Å²) < 4.78 is 10.4. The zero-order chi connectivity index (χ0) is 14.1. The van der Waals surface area contributed by atoms with Crippen molar-refractivity contribution in [3.8, 4) is 11.8 Å². The van der Waals surface area contributed by atoms with Crippen molar-refractivity contribution in [2.24, 2.45) is 5.92 Å². The van der Waals surface area contributed by atoms with Gasteiger partial charge in [0, 0.05) is 13.2 Å². The van der Waals surface area contributed by atoms with E-state index in [1.165, 1.54) is 6.33 Å². The molecule has 1 aromatic rings. The molecule has 0 bridgehead atoms. The van der Waals surface area contributed by atoms with Crippen LogP contribution in [0.3, 0.4) is 0 Å². The Bertz CT molecular complexity index is 352. The van der Waals surface area contributed by atoms with E-state index >= 15 is 0 Å². The number of hydrogen-bond acceptors (Lipinski definition) is 6. The van der Waals surface area contributed by atoms with Crippen LogP contribution in [0.25, 0.3) is 0 Å². The molecule has 0 saturated carbocycles. The molecule has 2 N–H and O–H groups in total. The number of methoxy groups -OCH3 is 2. The predicted molar refractivity (Wildman–Crippen MR) is 72.3 cm³/mol. The molecule has 1 heterocycles. The third-order valence-corrected chi connectivity index (χ3v) is 3.10. The maximum atomic E-state index is 8.96. The lowest BCUT2D eigenvalue weighted by Gasteiger charge is -2.16. The molecule has 6 heteroatoms. The average Bonchev–Trinajstić information content (AvgIpc) is 2.46. The van der Waals surface area contributed by atoms with Crippen LogP contribution in [0.4, 0.5) is 0 Å². The summed E-state index contributed by atoms with van der Waals surface area (Å²) in [4.78, 5) is 8.13. The van der Waals surface area contributed by atoms with Gasteiger partial charge in [-0.15, -0.1) is 0 Å². The van der Waals surface area contributed by atoms with E-state index in [1.54, 1.807) is 14.2 Å². The first-order valence-corrected chi connectivity index (χ1v) is 6.50. The molecular formula is C13H23N3O3. The van der Waals surface area contributed by atoms with E-state index in [0.29, 0.717) is 24.2 Å². The first-order valence-electron chi connectivity index (χ1n) is 6.50. The summed E-state index contributed by atoms with van der Waals surface area (Å²) in [5, 5.41) is 12.3. The molecule has 1 atom stereocenters. The number of rotatable bonds is 9. The van der Waals surface area contributed by atoms with Crippen molar-refractivity contribution in [2.75, 3.05) is 27.4 Å². The minimum Gasteiger partial charge on any atom is -0.481 e. The molecule has 6 nitrogen and oxygen atoms in total. The van der Waals surface area contributed by atoms with E-state index in [9.17, 15) is 0 Å². The maximum absolute atomic E-state index is 8.96. The van der Waals surface area contributed by atoms with Crippen LogP contribution >= 0.6 is 0 Å². The normalized spacial score (nSPS) is 12.2. The second kappa shape index (κ2) is 8.66. The molecule has 108 valence electrons. The molecule has 0 aliphatic rings. The van der Waals surface area contributed by atoms with Crippen LogP contribution in [0.1, 0.15) is 25.3 Å². The van der Waals surface area contributed by atoms with E-state index in [4.69, 9.17) is 14.6 Å². The highest BCUT2D eigenvalue weighted by atomic mass is 16.5. The van der Waals surface area contributed by atoms with Crippen molar-refractivity contribution in [3.63, 3.8) is 0 Å². The van der Waals surface area contributed by atoms with Gasteiger partial charge in [0.1, 0.15) is 6.33 Å². The Hall–Kier alpha value is -1.40. The molecule has 0 aromatic carbocycles. The Balaban J connectivity index is 2.61. The third kappa shape index (κ3) is 4.65. The Morgan fingerprint density at radius 3 is 2.37 bits per heavy atom. The number of nitrogens with zero attached hydrogens (tertiary/aromatic N) is 2. The highest BCUT2D eigenvalue weighted by Crippen LogP contribution is 2.23. The first kappa shape index (κ1) is 15.7. The zero-order valence-corrected chi connectivity index (χ0v) is 11.8. The van der Waals surface area contributed by atoms with Crippen molar-refractivity contribution in [1.82, 2.24) is 15.3 Å². The summed E-state index contributed by atoms with van der Waals surface area (Å²) in [6.45, 7) is 3.75. The minimum absolute atomic E-state index is 0.223. The fraction of sp³-hybridized carbons (Fsp3) is 0.692. The summed E-state index contributed by atoms with van der Waals surface area (Å²) in [5.74, 6) is 1.51. The van der Waals surface area contributed by atoms with Crippen LogP contribution in [0.5, 0.6) is 11.8 Å². The van der Waals surface area contributed by atoms with Gasteiger partial charge in [-0.2, -0.15) is 0 Å². The van der Waals surface area contributed by atoms with Crippen molar-refractivity contribution < 1.29 is 14.6 Å². The van der Waals surface area contributed by atoms with Gasteiger partial charge in [-0.1, -0.05) is 13.3 Å². The molecule has 0 saturated heterocycles. The van der Waals surface area contributed by atoms with Gasteiger partial charge in [0.05, 0.1) is 19.8 Å². The molecule has 1 unspecified atom stereocenters. The van der Waals surface area contributed by atoms with Gasteiger partial charge in [0.15, 0.2) is 0 Å². The van der Waals surface area contributed by atoms with Gasteiger partial charge >= 0.3 is 0 Å². The Labute approximate surface area is 114 Å². The first-order chi connectivity index (χ1) is 9.26. The number of aromatic nitrogens is 2. The minimum atomic E-state index is 0.223. The summed E-state index contributed by atoms with van der Waals surface area (Å²) in [7, 11) is 3.15. The molecule has 19 heavy (non-hydrogen) atoms. The van der Waals surface area contributed by atoms with Gasteiger partial charge in [0.25, 0.3) is 0 Å². The van der Waals surface area contributed by atoms with E-state index < -0.39 is 0 Å². The quantitative estimate of drug-likeness (QED) is 0.696. The average molecular weight is 269 g/mol. The van der Waals surface area contributed by atoms with Crippen molar-refractivity contribution >= 4 is 0 Å². The van der Waals surface area contributed by atoms with E-state index in [0.717, 1.165) is 24.9 Å². The van der Waals surface area contributed by atoms with Crippen molar-refractivity contribution in [2.45, 2.75) is 26.3 Å². The van der Waals surface area contributed by atoms with Crippen LogP contribution in [-0.4, -0.2) is 42.4 Å². The Morgan fingerprint density at radius 1 is 1.26 bits per heavy atom. The molecule has 0 aliphatic carbocycles. The highest BCUT2D eigenvalue weighted by Gasteiger charge is 2.13. The van der Waals surface area contributed by atoms with Gasteiger partial charge in [-0.05, 0) is 18.9 Å². The number of aliphatic hydroxyl groups excluding tert-OH is 1. The maximum Gasteiger partial charge on any atom is 0.224 e. The monoisotopic (exact) mass is 269 g/mol. The summed E-state index contributed by atoms with van der Waals surface area (Å²) in [6.07, 6.45) is 3.26. The standard InChI is InChI=1S/C13H23N3O3/c1-4-10(5-6-17)7-14-8-11-12(18-2)15-9-16-13(11)19-3/h9-10,14,17H,4-8H2,1-3H3.